The maximum absolute atomic E-state index is 9.39. The molecule has 7 heteroatoms. The van der Waals surface area contributed by atoms with Crippen LogP contribution in [0.4, 0.5) is 11.5 Å². The predicted octanol–water partition coefficient (Wildman–Crippen LogP) is 0.824. The van der Waals surface area contributed by atoms with Gasteiger partial charge in [-0.1, -0.05) is 6.92 Å². The van der Waals surface area contributed by atoms with Gasteiger partial charge >= 0.3 is 0 Å². The highest BCUT2D eigenvalue weighted by atomic mass is 16.5. The molecule has 3 N–H and O–H groups in total. The Morgan fingerprint density at radius 3 is 2.95 bits per heavy atom. The van der Waals surface area contributed by atoms with Crippen LogP contribution in [-0.2, 0) is 4.74 Å². The summed E-state index contributed by atoms with van der Waals surface area (Å²) >= 11 is 0. The number of rotatable bonds is 5. The maximum Gasteiger partial charge on any atom is 0.242 e. The molecule has 118 valence electrons. The van der Waals surface area contributed by atoms with E-state index in [1.54, 1.807) is 0 Å². The Labute approximate surface area is 125 Å². The highest BCUT2D eigenvalue weighted by Crippen LogP contribution is 2.32. The minimum absolute atomic E-state index is 0.0376. The number of aliphatic hydroxyl groups excluding tert-OH is 1. The molecule has 1 atom stereocenters. The normalized spacial score (nSPS) is 21.3. The second-order valence-electron chi connectivity index (χ2n) is 5.83. The first kappa shape index (κ1) is 15.8. The van der Waals surface area contributed by atoms with Gasteiger partial charge < -0.3 is 25.2 Å². The van der Waals surface area contributed by atoms with Gasteiger partial charge in [-0.2, -0.15) is 4.98 Å². The van der Waals surface area contributed by atoms with Gasteiger partial charge in [0.1, 0.15) is 12.0 Å². The average Bonchev–Trinajstić information content (AvgIpc) is 2.44. The zero-order valence-corrected chi connectivity index (χ0v) is 12.9. The Hall–Kier alpha value is -1.60. The van der Waals surface area contributed by atoms with Crippen LogP contribution in [0.2, 0.25) is 0 Å². The van der Waals surface area contributed by atoms with Gasteiger partial charge in [-0.25, -0.2) is 4.98 Å². The van der Waals surface area contributed by atoms with Crippen molar-refractivity contribution in [3.05, 3.63) is 6.33 Å². The van der Waals surface area contributed by atoms with Crippen molar-refractivity contribution in [3.8, 4) is 5.88 Å². The number of morpholine rings is 1. The third-order valence-electron chi connectivity index (χ3n) is 3.25. The van der Waals surface area contributed by atoms with E-state index in [9.17, 15) is 5.11 Å². The molecule has 1 fully saturated rings. The van der Waals surface area contributed by atoms with Crippen molar-refractivity contribution in [3.63, 3.8) is 0 Å². The lowest BCUT2D eigenvalue weighted by Crippen LogP contribution is -2.54. The molecule has 1 aliphatic heterocycles. The summed E-state index contributed by atoms with van der Waals surface area (Å²) in [5.74, 6) is 1.04. The van der Waals surface area contributed by atoms with E-state index in [4.69, 9.17) is 15.2 Å². The Balaban J connectivity index is 2.24. The van der Waals surface area contributed by atoms with Crippen LogP contribution in [0.25, 0.3) is 0 Å². The molecule has 21 heavy (non-hydrogen) atoms. The summed E-state index contributed by atoms with van der Waals surface area (Å²) in [4.78, 5) is 10.4. The molecular weight excluding hydrogens is 272 g/mol. The van der Waals surface area contributed by atoms with E-state index in [1.807, 2.05) is 25.7 Å². The smallest absolute Gasteiger partial charge is 0.242 e. The quantitative estimate of drug-likeness (QED) is 0.831. The molecule has 0 saturated carbocycles. The Bertz CT molecular complexity index is 481. The van der Waals surface area contributed by atoms with Crippen molar-refractivity contribution >= 4 is 11.5 Å². The first-order valence-corrected chi connectivity index (χ1v) is 7.23. The second kappa shape index (κ2) is 6.44. The fraction of sp³-hybridized carbons (Fsp3) is 0.714. The van der Waals surface area contributed by atoms with Crippen LogP contribution in [0, 0.1) is 0 Å². The fourth-order valence-electron chi connectivity index (χ4n) is 2.49. The lowest BCUT2D eigenvalue weighted by molar-refractivity contribution is -0.101. The first-order chi connectivity index (χ1) is 9.96. The lowest BCUT2D eigenvalue weighted by Gasteiger charge is -2.43. The van der Waals surface area contributed by atoms with Gasteiger partial charge in [0, 0.05) is 13.1 Å². The number of hydrogen-bond donors (Lipinski definition) is 2. The minimum atomic E-state index is -0.381. The molecule has 0 radical (unpaired) electrons. The molecule has 0 aliphatic carbocycles. The largest absolute Gasteiger partial charge is 0.476 e. The van der Waals surface area contributed by atoms with Crippen LogP contribution in [0.3, 0.4) is 0 Å². The molecule has 1 saturated heterocycles. The molecule has 7 nitrogen and oxygen atoms in total. The molecule has 0 aromatic carbocycles. The van der Waals surface area contributed by atoms with Gasteiger partial charge in [0.2, 0.25) is 5.88 Å². The van der Waals surface area contributed by atoms with Crippen LogP contribution in [-0.4, -0.2) is 53.1 Å². The van der Waals surface area contributed by atoms with Crippen LogP contribution in [0.1, 0.15) is 27.2 Å². The van der Waals surface area contributed by atoms with Crippen LogP contribution in [0.15, 0.2) is 6.33 Å². The molecule has 2 heterocycles. The van der Waals surface area contributed by atoms with E-state index in [-0.39, 0.29) is 18.3 Å². The number of ether oxygens (including phenoxy) is 2. The Kier molecular flexibility index (Phi) is 4.84. The minimum Gasteiger partial charge on any atom is -0.476 e. The van der Waals surface area contributed by atoms with Gasteiger partial charge in [-0.3, -0.25) is 0 Å². The van der Waals surface area contributed by atoms with Crippen molar-refractivity contribution < 1.29 is 14.6 Å². The molecule has 2 rings (SSSR count). The monoisotopic (exact) mass is 296 g/mol. The van der Waals surface area contributed by atoms with Gasteiger partial charge in [0.15, 0.2) is 5.82 Å². The van der Waals surface area contributed by atoms with Crippen LogP contribution < -0.4 is 15.4 Å². The number of aromatic nitrogens is 2. The van der Waals surface area contributed by atoms with Crippen LogP contribution in [0.5, 0.6) is 5.88 Å². The number of nitrogens with zero attached hydrogens (tertiary/aromatic N) is 3. The third kappa shape index (κ3) is 3.74. The lowest BCUT2D eigenvalue weighted by atomic mass is 10.1. The maximum atomic E-state index is 9.39. The average molecular weight is 296 g/mol. The molecule has 1 unspecified atom stereocenters. The zero-order chi connectivity index (χ0) is 15.5. The van der Waals surface area contributed by atoms with E-state index >= 15 is 0 Å². The van der Waals surface area contributed by atoms with Crippen molar-refractivity contribution in [1.82, 2.24) is 9.97 Å². The molecule has 0 amide bonds. The highest BCUT2D eigenvalue weighted by Gasteiger charge is 2.34. The number of nitrogens with two attached hydrogens (primary N) is 1. The summed E-state index contributed by atoms with van der Waals surface area (Å²) in [7, 11) is 0. The molecule has 1 aliphatic rings. The van der Waals surface area contributed by atoms with E-state index in [2.05, 4.69) is 9.97 Å². The molecule has 1 aromatic rings. The van der Waals surface area contributed by atoms with E-state index in [1.165, 1.54) is 6.33 Å². The Morgan fingerprint density at radius 1 is 1.52 bits per heavy atom. The SMILES string of the molecule is CCCOc1ncnc(N2CC(CO)OC(C)(C)C2)c1N. The first-order valence-electron chi connectivity index (χ1n) is 7.23. The van der Waals surface area contributed by atoms with Gasteiger partial charge in [-0.15, -0.1) is 0 Å². The second-order valence-corrected chi connectivity index (χ2v) is 5.83. The van der Waals surface area contributed by atoms with Crippen molar-refractivity contribution in [2.24, 2.45) is 0 Å². The van der Waals surface area contributed by atoms with Gasteiger partial charge in [0.25, 0.3) is 0 Å². The van der Waals surface area contributed by atoms with Gasteiger partial charge in [-0.05, 0) is 20.3 Å². The molecule has 0 spiro atoms. The number of nitrogen functional groups attached to an aromatic ring is 1. The van der Waals surface area contributed by atoms with Crippen molar-refractivity contribution in [2.75, 3.05) is 36.9 Å². The van der Waals surface area contributed by atoms with Crippen molar-refractivity contribution in [1.29, 1.82) is 0 Å². The summed E-state index contributed by atoms with van der Waals surface area (Å²) in [5, 5.41) is 9.39. The number of aliphatic hydroxyl groups is 1. The Morgan fingerprint density at radius 2 is 2.29 bits per heavy atom. The molecule has 1 aromatic heterocycles. The van der Waals surface area contributed by atoms with E-state index < -0.39 is 0 Å². The van der Waals surface area contributed by atoms with E-state index in [0.717, 1.165) is 6.42 Å². The summed E-state index contributed by atoms with van der Waals surface area (Å²) in [6.07, 6.45) is 2.08. The number of anilines is 2. The van der Waals surface area contributed by atoms with E-state index in [0.29, 0.717) is 37.1 Å². The van der Waals surface area contributed by atoms with Gasteiger partial charge in [0.05, 0.1) is 24.9 Å². The topological polar surface area (TPSA) is 93.7 Å². The van der Waals surface area contributed by atoms with Crippen molar-refractivity contribution in [2.45, 2.75) is 38.9 Å². The summed E-state index contributed by atoms with van der Waals surface area (Å²) < 4.78 is 11.3. The predicted molar refractivity (Wildman–Crippen MR) is 80.5 cm³/mol. The summed E-state index contributed by atoms with van der Waals surface area (Å²) in [5.41, 5.74) is 6.18. The fourth-order valence-corrected chi connectivity index (χ4v) is 2.49. The molecule has 0 bridgehead atoms. The summed E-state index contributed by atoms with van der Waals surface area (Å²) in [6.45, 7) is 7.68. The third-order valence-corrected chi connectivity index (χ3v) is 3.25. The summed E-state index contributed by atoms with van der Waals surface area (Å²) in [6, 6.07) is 0. The highest BCUT2D eigenvalue weighted by molar-refractivity contribution is 5.68. The molecular formula is C14H24N4O3. The number of hydrogen-bond acceptors (Lipinski definition) is 7. The standard InChI is InChI=1S/C14H24N4O3/c1-4-5-20-13-11(15)12(16-9-17-13)18-6-10(7-19)21-14(2,3)8-18/h9-10,19H,4-8,15H2,1-3H3. The van der Waals surface area contributed by atoms with Crippen LogP contribution >= 0.6 is 0 Å². The zero-order valence-electron chi connectivity index (χ0n) is 12.9.